The Morgan fingerprint density at radius 1 is 1.65 bits per heavy atom. The zero-order valence-electron chi connectivity index (χ0n) is 11.6. The largest absolute Gasteiger partial charge is 0.479 e. The van der Waals surface area contributed by atoms with E-state index in [2.05, 4.69) is 9.97 Å². The molecule has 6 nitrogen and oxygen atoms in total. The van der Waals surface area contributed by atoms with Crippen LogP contribution in [-0.2, 0) is 4.79 Å². The number of carbonyl (C=O) groups is 1. The quantitative estimate of drug-likeness (QED) is 0.899. The molecular weight excluding hydrogens is 282 g/mol. The van der Waals surface area contributed by atoms with Crippen molar-refractivity contribution in [2.75, 3.05) is 18.6 Å². The average molecular weight is 300 g/mol. The molecule has 0 bridgehead atoms. The fourth-order valence-electron chi connectivity index (χ4n) is 2.82. The third-order valence-corrected chi connectivity index (χ3v) is 3.96. The number of anilines is 1. The molecule has 110 valence electrons. The minimum Gasteiger partial charge on any atom is -0.479 e. The predicted molar refractivity (Wildman–Crippen MR) is 75.4 cm³/mol. The van der Waals surface area contributed by atoms with E-state index < -0.39 is 11.5 Å². The lowest BCUT2D eigenvalue weighted by molar-refractivity contribution is -0.143. The van der Waals surface area contributed by atoms with Crippen LogP contribution in [0.25, 0.3) is 0 Å². The molecule has 0 aromatic carbocycles. The fourth-order valence-corrected chi connectivity index (χ4v) is 3.01. The Bertz CT molecular complexity index is 512. The number of methoxy groups -OCH3 is 1. The number of halogens is 1. The second kappa shape index (κ2) is 5.83. The van der Waals surface area contributed by atoms with Crippen LogP contribution >= 0.6 is 11.6 Å². The zero-order valence-corrected chi connectivity index (χ0v) is 12.4. The third-order valence-electron chi connectivity index (χ3n) is 3.69. The SMILES string of the molecule is CCCC1(C(=O)O)CCCN1c1nc(OC)ncc1Cl. The van der Waals surface area contributed by atoms with Crippen LogP contribution < -0.4 is 9.64 Å². The van der Waals surface area contributed by atoms with Crippen molar-refractivity contribution in [2.45, 2.75) is 38.1 Å². The molecule has 1 aliphatic heterocycles. The molecule has 1 fully saturated rings. The van der Waals surface area contributed by atoms with Crippen LogP contribution in [0, 0.1) is 0 Å². The van der Waals surface area contributed by atoms with E-state index >= 15 is 0 Å². The highest BCUT2D eigenvalue weighted by Gasteiger charge is 2.48. The maximum Gasteiger partial charge on any atom is 0.329 e. The molecule has 0 radical (unpaired) electrons. The molecule has 1 aliphatic rings. The first-order valence-electron chi connectivity index (χ1n) is 6.62. The minimum atomic E-state index is -0.933. The first-order chi connectivity index (χ1) is 9.55. The summed E-state index contributed by atoms with van der Waals surface area (Å²) in [5.41, 5.74) is -0.933. The Morgan fingerprint density at radius 2 is 2.40 bits per heavy atom. The maximum atomic E-state index is 11.8. The number of aliphatic carboxylic acids is 1. The lowest BCUT2D eigenvalue weighted by Gasteiger charge is -2.35. The van der Waals surface area contributed by atoms with Gasteiger partial charge in [0.05, 0.1) is 13.3 Å². The van der Waals surface area contributed by atoms with Crippen molar-refractivity contribution in [3.8, 4) is 6.01 Å². The van der Waals surface area contributed by atoms with Crippen molar-refractivity contribution in [1.29, 1.82) is 0 Å². The highest BCUT2D eigenvalue weighted by atomic mass is 35.5. The summed E-state index contributed by atoms with van der Waals surface area (Å²) in [6, 6.07) is 0.187. The summed E-state index contributed by atoms with van der Waals surface area (Å²) in [4.78, 5) is 21.7. The second-order valence-corrected chi connectivity index (χ2v) is 5.28. The van der Waals surface area contributed by atoms with Crippen LogP contribution in [0.5, 0.6) is 6.01 Å². The van der Waals surface area contributed by atoms with Gasteiger partial charge in [-0.2, -0.15) is 4.98 Å². The second-order valence-electron chi connectivity index (χ2n) is 4.87. The van der Waals surface area contributed by atoms with Gasteiger partial charge in [-0.15, -0.1) is 0 Å². The molecule has 1 aromatic rings. The van der Waals surface area contributed by atoms with Gasteiger partial charge in [0, 0.05) is 6.54 Å². The molecule has 1 unspecified atom stereocenters. The summed E-state index contributed by atoms with van der Waals surface area (Å²) in [7, 11) is 1.47. The first kappa shape index (κ1) is 14.8. The van der Waals surface area contributed by atoms with Gasteiger partial charge in [0.15, 0.2) is 5.82 Å². The number of hydrogen-bond acceptors (Lipinski definition) is 5. The Hall–Kier alpha value is -1.56. The van der Waals surface area contributed by atoms with Crippen LogP contribution in [0.1, 0.15) is 32.6 Å². The van der Waals surface area contributed by atoms with Gasteiger partial charge >= 0.3 is 12.0 Å². The summed E-state index contributed by atoms with van der Waals surface area (Å²) in [6.07, 6.45) is 4.18. The smallest absolute Gasteiger partial charge is 0.329 e. The number of hydrogen-bond donors (Lipinski definition) is 1. The molecule has 0 saturated carbocycles. The lowest BCUT2D eigenvalue weighted by Crippen LogP contribution is -2.51. The minimum absolute atomic E-state index is 0.187. The average Bonchev–Trinajstić information content (AvgIpc) is 2.85. The van der Waals surface area contributed by atoms with E-state index in [0.717, 1.165) is 12.8 Å². The number of carboxylic acid groups (broad SMARTS) is 1. The Labute approximate surface area is 122 Å². The fraction of sp³-hybridized carbons (Fsp3) is 0.615. The van der Waals surface area contributed by atoms with Crippen molar-refractivity contribution >= 4 is 23.4 Å². The van der Waals surface area contributed by atoms with Gasteiger partial charge in [0.1, 0.15) is 10.6 Å². The zero-order chi connectivity index (χ0) is 14.8. The van der Waals surface area contributed by atoms with E-state index in [1.165, 1.54) is 13.3 Å². The van der Waals surface area contributed by atoms with Gasteiger partial charge in [0.2, 0.25) is 0 Å². The van der Waals surface area contributed by atoms with Gasteiger partial charge in [-0.25, -0.2) is 9.78 Å². The maximum absolute atomic E-state index is 11.8. The van der Waals surface area contributed by atoms with Gasteiger partial charge < -0.3 is 14.7 Å². The van der Waals surface area contributed by atoms with Crippen molar-refractivity contribution in [1.82, 2.24) is 9.97 Å². The number of ether oxygens (including phenoxy) is 1. The van der Waals surface area contributed by atoms with E-state index in [9.17, 15) is 9.90 Å². The van der Waals surface area contributed by atoms with Crippen LogP contribution in [-0.4, -0.2) is 40.2 Å². The molecule has 1 aromatic heterocycles. The van der Waals surface area contributed by atoms with Crippen molar-refractivity contribution in [3.63, 3.8) is 0 Å². The highest BCUT2D eigenvalue weighted by molar-refractivity contribution is 6.32. The summed E-state index contributed by atoms with van der Waals surface area (Å²) in [5, 5.41) is 10.0. The van der Waals surface area contributed by atoms with Crippen LogP contribution in [0.2, 0.25) is 5.02 Å². The van der Waals surface area contributed by atoms with Crippen LogP contribution in [0.4, 0.5) is 5.82 Å². The van der Waals surface area contributed by atoms with Crippen molar-refractivity contribution in [3.05, 3.63) is 11.2 Å². The predicted octanol–water partition coefficient (Wildman–Crippen LogP) is 2.36. The third kappa shape index (κ3) is 2.40. The topological polar surface area (TPSA) is 75.5 Å². The highest BCUT2D eigenvalue weighted by Crippen LogP contribution is 2.40. The molecular formula is C13H18ClN3O3. The van der Waals surface area contributed by atoms with E-state index in [4.69, 9.17) is 16.3 Å². The molecule has 0 spiro atoms. The molecule has 1 atom stereocenters. The van der Waals surface area contributed by atoms with Gasteiger partial charge in [-0.3, -0.25) is 0 Å². The van der Waals surface area contributed by atoms with Gasteiger partial charge in [-0.1, -0.05) is 24.9 Å². The molecule has 20 heavy (non-hydrogen) atoms. The Balaban J connectivity index is 2.46. The number of nitrogens with zero attached hydrogens (tertiary/aromatic N) is 3. The van der Waals surface area contributed by atoms with Gasteiger partial charge in [0.25, 0.3) is 0 Å². The van der Waals surface area contributed by atoms with Crippen LogP contribution in [0.3, 0.4) is 0 Å². The number of rotatable bonds is 5. The number of carboxylic acids is 1. The van der Waals surface area contributed by atoms with E-state index in [-0.39, 0.29) is 6.01 Å². The molecule has 7 heteroatoms. The monoisotopic (exact) mass is 299 g/mol. The molecule has 1 saturated heterocycles. The molecule has 0 amide bonds. The molecule has 1 N–H and O–H groups in total. The standard InChI is InChI=1S/C13H18ClN3O3/c1-3-5-13(11(18)19)6-4-7-17(13)10-9(14)8-15-12(16-10)20-2/h8H,3-7H2,1-2H3,(H,18,19). The summed E-state index contributed by atoms with van der Waals surface area (Å²) < 4.78 is 5.00. The van der Waals surface area contributed by atoms with Crippen LogP contribution in [0.15, 0.2) is 6.20 Å². The van der Waals surface area contributed by atoms with E-state index in [0.29, 0.717) is 30.2 Å². The molecule has 2 heterocycles. The summed E-state index contributed by atoms with van der Waals surface area (Å²) in [6.45, 7) is 2.59. The van der Waals surface area contributed by atoms with Gasteiger partial charge in [-0.05, 0) is 19.3 Å². The molecule has 2 rings (SSSR count). The summed E-state index contributed by atoms with van der Waals surface area (Å²) >= 11 is 6.15. The Kier molecular flexibility index (Phi) is 4.32. The number of aromatic nitrogens is 2. The normalized spacial score (nSPS) is 22.1. The summed E-state index contributed by atoms with van der Waals surface area (Å²) in [5.74, 6) is -0.391. The van der Waals surface area contributed by atoms with E-state index in [1.54, 1.807) is 4.90 Å². The van der Waals surface area contributed by atoms with Crippen molar-refractivity contribution in [2.24, 2.45) is 0 Å². The Morgan fingerprint density at radius 3 is 3.00 bits per heavy atom. The first-order valence-corrected chi connectivity index (χ1v) is 7.00. The van der Waals surface area contributed by atoms with Crippen molar-refractivity contribution < 1.29 is 14.6 Å². The lowest BCUT2D eigenvalue weighted by atomic mass is 9.90. The molecule has 0 aliphatic carbocycles. The van der Waals surface area contributed by atoms with E-state index in [1.807, 2.05) is 6.92 Å².